The fourth-order valence-corrected chi connectivity index (χ4v) is 4.49. The van der Waals surface area contributed by atoms with Crippen molar-refractivity contribution < 1.29 is 9.84 Å². The summed E-state index contributed by atoms with van der Waals surface area (Å²) in [6, 6.07) is 7.25. The maximum absolute atomic E-state index is 12.2. The van der Waals surface area contributed by atoms with E-state index in [2.05, 4.69) is 10.00 Å². The minimum atomic E-state index is -0.867. The molecule has 0 unspecified atom stereocenters. The third kappa shape index (κ3) is 4.06. The Morgan fingerprint density at radius 2 is 2.15 bits per heavy atom. The SMILES string of the molecule is O=c1ccc(-c2cccs2)nn1CC1(O)CCN(C[C@@H]2CCOC2)CC1. The first-order valence-corrected chi connectivity index (χ1v) is 10.1. The highest BCUT2D eigenvalue weighted by Gasteiger charge is 2.34. The van der Waals surface area contributed by atoms with E-state index in [0.717, 1.165) is 49.8 Å². The molecule has 2 aliphatic rings. The van der Waals surface area contributed by atoms with Gasteiger partial charge in [0.25, 0.3) is 5.56 Å². The Balaban J connectivity index is 1.41. The van der Waals surface area contributed by atoms with Gasteiger partial charge in [-0.05, 0) is 42.7 Å². The molecule has 0 amide bonds. The number of hydrogen-bond donors (Lipinski definition) is 1. The lowest BCUT2D eigenvalue weighted by atomic mass is 9.90. The normalized spacial score (nSPS) is 23.3. The van der Waals surface area contributed by atoms with Crippen molar-refractivity contribution >= 4 is 11.3 Å². The van der Waals surface area contributed by atoms with Crippen molar-refractivity contribution in [1.29, 1.82) is 0 Å². The van der Waals surface area contributed by atoms with Crippen LogP contribution in [-0.4, -0.2) is 58.2 Å². The molecule has 0 saturated carbocycles. The summed E-state index contributed by atoms with van der Waals surface area (Å²) in [6.07, 6.45) is 2.46. The largest absolute Gasteiger partial charge is 0.388 e. The number of nitrogens with zero attached hydrogens (tertiary/aromatic N) is 3. The number of aliphatic hydroxyl groups is 1. The van der Waals surface area contributed by atoms with Gasteiger partial charge < -0.3 is 14.7 Å². The van der Waals surface area contributed by atoms with E-state index in [1.54, 1.807) is 23.5 Å². The van der Waals surface area contributed by atoms with E-state index in [1.807, 2.05) is 17.5 Å². The van der Waals surface area contributed by atoms with Crippen LogP contribution in [0.5, 0.6) is 0 Å². The van der Waals surface area contributed by atoms with Crippen molar-refractivity contribution in [2.45, 2.75) is 31.4 Å². The van der Waals surface area contributed by atoms with Gasteiger partial charge in [0.15, 0.2) is 0 Å². The number of rotatable bonds is 5. The maximum atomic E-state index is 12.2. The number of aromatic nitrogens is 2. The lowest BCUT2D eigenvalue weighted by Crippen LogP contribution is -2.49. The topological polar surface area (TPSA) is 67.6 Å². The molecule has 0 aromatic carbocycles. The minimum absolute atomic E-state index is 0.163. The van der Waals surface area contributed by atoms with Gasteiger partial charge in [0, 0.05) is 32.3 Å². The fourth-order valence-electron chi connectivity index (χ4n) is 3.80. The van der Waals surface area contributed by atoms with Crippen LogP contribution in [0.2, 0.25) is 0 Å². The molecule has 2 fully saturated rings. The van der Waals surface area contributed by atoms with Crippen molar-refractivity contribution in [2.24, 2.45) is 5.92 Å². The predicted molar refractivity (Wildman–Crippen MR) is 101 cm³/mol. The summed E-state index contributed by atoms with van der Waals surface area (Å²) < 4.78 is 6.88. The molecule has 2 aliphatic heterocycles. The Morgan fingerprint density at radius 1 is 1.31 bits per heavy atom. The summed E-state index contributed by atoms with van der Waals surface area (Å²) in [4.78, 5) is 15.7. The zero-order valence-electron chi connectivity index (χ0n) is 14.8. The Morgan fingerprint density at radius 3 is 2.85 bits per heavy atom. The van der Waals surface area contributed by atoms with Crippen LogP contribution >= 0.6 is 11.3 Å². The first-order valence-electron chi connectivity index (χ1n) is 9.26. The Kier molecular flexibility index (Phi) is 5.22. The van der Waals surface area contributed by atoms with Crippen molar-refractivity contribution in [3.63, 3.8) is 0 Å². The first kappa shape index (κ1) is 17.9. The van der Waals surface area contributed by atoms with Crippen molar-refractivity contribution in [2.75, 3.05) is 32.8 Å². The van der Waals surface area contributed by atoms with Gasteiger partial charge in [-0.25, -0.2) is 4.68 Å². The van der Waals surface area contributed by atoms with E-state index in [-0.39, 0.29) is 12.1 Å². The molecule has 1 atom stereocenters. The highest BCUT2D eigenvalue weighted by Crippen LogP contribution is 2.26. The number of likely N-dealkylation sites (tertiary alicyclic amines) is 1. The molecule has 0 aliphatic carbocycles. The molecule has 0 radical (unpaired) electrons. The lowest BCUT2D eigenvalue weighted by Gasteiger charge is -2.38. The zero-order valence-corrected chi connectivity index (χ0v) is 15.7. The summed E-state index contributed by atoms with van der Waals surface area (Å²) in [5, 5.41) is 17.5. The van der Waals surface area contributed by atoms with Crippen molar-refractivity contribution in [3.05, 3.63) is 40.0 Å². The van der Waals surface area contributed by atoms with Crippen LogP contribution in [0.15, 0.2) is 34.4 Å². The Labute approximate surface area is 157 Å². The van der Waals surface area contributed by atoms with Gasteiger partial charge in [0.2, 0.25) is 0 Å². The van der Waals surface area contributed by atoms with E-state index in [4.69, 9.17) is 4.74 Å². The van der Waals surface area contributed by atoms with Crippen LogP contribution in [0.3, 0.4) is 0 Å². The van der Waals surface area contributed by atoms with Gasteiger partial charge in [-0.3, -0.25) is 4.79 Å². The van der Waals surface area contributed by atoms with Crippen LogP contribution in [-0.2, 0) is 11.3 Å². The second-order valence-electron chi connectivity index (χ2n) is 7.45. The van der Waals surface area contributed by atoms with Crippen LogP contribution in [0.4, 0.5) is 0 Å². The highest BCUT2D eigenvalue weighted by atomic mass is 32.1. The molecule has 7 heteroatoms. The van der Waals surface area contributed by atoms with Crippen LogP contribution in [0.1, 0.15) is 19.3 Å². The molecule has 2 saturated heterocycles. The van der Waals surface area contributed by atoms with Crippen LogP contribution in [0, 0.1) is 5.92 Å². The second kappa shape index (κ2) is 7.60. The summed E-state index contributed by atoms with van der Waals surface area (Å²) in [6.45, 7) is 4.74. The molecule has 6 nitrogen and oxygen atoms in total. The van der Waals surface area contributed by atoms with Gasteiger partial charge in [0.1, 0.15) is 5.69 Å². The quantitative estimate of drug-likeness (QED) is 0.864. The number of ether oxygens (including phenoxy) is 1. The van der Waals surface area contributed by atoms with E-state index in [1.165, 1.54) is 4.68 Å². The second-order valence-corrected chi connectivity index (χ2v) is 8.39. The Hall–Kier alpha value is -1.54. The molecule has 26 heavy (non-hydrogen) atoms. The van der Waals surface area contributed by atoms with Gasteiger partial charge in [-0.15, -0.1) is 11.3 Å². The average molecular weight is 375 g/mol. The molecule has 1 N–H and O–H groups in total. The monoisotopic (exact) mass is 375 g/mol. The molecule has 2 aromatic rings. The van der Waals surface area contributed by atoms with E-state index in [0.29, 0.717) is 18.8 Å². The molecular formula is C19H25N3O3S. The fraction of sp³-hybridized carbons (Fsp3) is 0.579. The smallest absolute Gasteiger partial charge is 0.266 e. The van der Waals surface area contributed by atoms with E-state index < -0.39 is 5.60 Å². The van der Waals surface area contributed by atoms with Gasteiger partial charge >= 0.3 is 0 Å². The van der Waals surface area contributed by atoms with Crippen LogP contribution < -0.4 is 5.56 Å². The number of piperidine rings is 1. The van der Waals surface area contributed by atoms with Crippen molar-refractivity contribution in [3.8, 4) is 10.6 Å². The van der Waals surface area contributed by atoms with E-state index in [9.17, 15) is 9.90 Å². The molecule has 0 bridgehead atoms. The predicted octanol–water partition coefficient (Wildman–Crippen LogP) is 1.84. The zero-order chi connectivity index (χ0) is 18.0. The van der Waals surface area contributed by atoms with Crippen LogP contribution in [0.25, 0.3) is 10.6 Å². The highest BCUT2D eigenvalue weighted by molar-refractivity contribution is 7.13. The van der Waals surface area contributed by atoms with Crippen molar-refractivity contribution in [1.82, 2.24) is 14.7 Å². The first-order chi connectivity index (χ1) is 12.6. The molecule has 140 valence electrons. The van der Waals surface area contributed by atoms with Gasteiger partial charge in [-0.2, -0.15) is 5.10 Å². The van der Waals surface area contributed by atoms with E-state index >= 15 is 0 Å². The maximum Gasteiger partial charge on any atom is 0.266 e. The standard InChI is InChI=1S/C19H25N3O3S/c23-18-4-3-16(17-2-1-11-26-17)20-22(18)14-19(24)6-8-21(9-7-19)12-15-5-10-25-13-15/h1-4,11,15,24H,5-10,12-14H2/t15-/m0/s1. The summed E-state index contributed by atoms with van der Waals surface area (Å²) >= 11 is 1.59. The minimum Gasteiger partial charge on any atom is -0.388 e. The third-order valence-corrected chi connectivity index (χ3v) is 6.30. The molecule has 4 heterocycles. The van der Waals surface area contributed by atoms with Gasteiger partial charge in [-0.1, -0.05) is 6.07 Å². The Bertz CT molecular complexity index is 776. The molecule has 4 rings (SSSR count). The number of hydrogen-bond acceptors (Lipinski definition) is 6. The molecule has 0 spiro atoms. The molecular weight excluding hydrogens is 350 g/mol. The third-order valence-electron chi connectivity index (χ3n) is 5.41. The molecule has 2 aromatic heterocycles. The lowest BCUT2D eigenvalue weighted by molar-refractivity contribution is -0.0398. The summed E-state index contributed by atoms with van der Waals surface area (Å²) in [5.41, 5.74) is -0.251. The average Bonchev–Trinajstić information content (AvgIpc) is 3.33. The summed E-state index contributed by atoms with van der Waals surface area (Å²) in [7, 11) is 0. The van der Waals surface area contributed by atoms with Gasteiger partial charge in [0.05, 0.1) is 23.6 Å². The summed E-state index contributed by atoms with van der Waals surface area (Å²) in [5.74, 6) is 0.618. The number of thiophene rings is 1.